The van der Waals surface area contributed by atoms with Gasteiger partial charge >= 0.3 is 0 Å². The van der Waals surface area contributed by atoms with Crippen molar-refractivity contribution in [1.82, 2.24) is 4.98 Å². The Kier molecular flexibility index (Phi) is 2.45. The molecule has 0 unspecified atom stereocenters. The second-order valence-electron chi connectivity index (χ2n) is 3.50. The smallest absolute Gasteiger partial charge is 0.0797 e. The molecule has 0 aromatic carbocycles. The van der Waals surface area contributed by atoms with Crippen molar-refractivity contribution < 1.29 is 0 Å². The lowest BCUT2D eigenvalue weighted by molar-refractivity contribution is 0.694. The SMILES string of the molecule is CCc1scnc1C1CCCC1. The summed E-state index contributed by atoms with van der Waals surface area (Å²) in [6.45, 7) is 2.23. The highest BCUT2D eigenvalue weighted by atomic mass is 32.1. The van der Waals surface area contributed by atoms with Gasteiger partial charge in [0.1, 0.15) is 0 Å². The maximum absolute atomic E-state index is 4.49. The first-order valence-electron chi connectivity index (χ1n) is 4.84. The van der Waals surface area contributed by atoms with Crippen LogP contribution in [-0.2, 0) is 6.42 Å². The van der Waals surface area contributed by atoms with Crippen LogP contribution in [-0.4, -0.2) is 4.98 Å². The number of thiazole rings is 1. The van der Waals surface area contributed by atoms with Crippen molar-refractivity contribution in [2.24, 2.45) is 0 Å². The highest BCUT2D eigenvalue weighted by molar-refractivity contribution is 7.09. The molecule has 1 nitrogen and oxygen atoms in total. The molecule has 0 atom stereocenters. The lowest BCUT2D eigenvalue weighted by Crippen LogP contribution is -1.95. The number of aryl methyl sites for hydroxylation is 1. The summed E-state index contributed by atoms with van der Waals surface area (Å²) in [7, 11) is 0. The summed E-state index contributed by atoms with van der Waals surface area (Å²) in [5, 5.41) is 0. The minimum Gasteiger partial charge on any atom is -0.249 e. The zero-order valence-electron chi connectivity index (χ0n) is 7.55. The summed E-state index contributed by atoms with van der Waals surface area (Å²) in [4.78, 5) is 6.00. The van der Waals surface area contributed by atoms with E-state index < -0.39 is 0 Å². The molecule has 0 amide bonds. The molecule has 1 aromatic rings. The number of nitrogens with zero attached hydrogens (tertiary/aromatic N) is 1. The summed E-state index contributed by atoms with van der Waals surface area (Å²) in [6.07, 6.45) is 6.72. The molecule has 2 rings (SSSR count). The van der Waals surface area contributed by atoms with Gasteiger partial charge in [0.05, 0.1) is 11.2 Å². The lowest BCUT2D eigenvalue weighted by atomic mass is 10.0. The average Bonchev–Trinajstić information content (AvgIpc) is 2.74. The zero-order valence-corrected chi connectivity index (χ0v) is 8.36. The normalized spacial score (nSPS) is 18.8. The Morgan fingerprint density at radius 1 is 1.50 bits per heavy atom. The molecule has 0 spiro atoms. The molecule has 0 N–H and O–H groups in total. The molecular weight excluding hydrogens is 166 g/mol. The molecule has 12 heavy (non-hydrogen) atoms. The van der Waals surface area contributed by atoms with Crippen molar-refractivity contribution >= 4 is 11.3 Å². The fourth-order valence-electron chi connectivity index (χ4n) is 2.08. The molecule has 0 saturated heterocycles. The fourth-order valence-corrected chi connectivity index (χ4v) is 2.88. The van der Waals surface area contributed by atoms with Crippen LogP contribution in [0.15, 0.2) is 5.51 Å². The maximum Gasteiger partial charge on any atom is 0.0797 e. The van der Waals surface area contributed by atoms with Crippen LogP contribution in [0.2, 0.25) is 0 Å². The molecule has 0 aliphatic heterocycles. The predicted molar refractivity (Wildman–Crippen MR) is 52.7 cm³/mol. The molecule has 1 saturated carbocycles. The monoisotopic (exact) mass is 181 g/mol. The van der Waals surface area contributed by atoms with Crippen molar-refractivity contribution in [1.29, 1.82) is 0 Å². The first kappa shape index (κ1) is 8.24. The van der Waals surface area contributed by atoms with Gasteiger partial charge in [-0.25, -0.2) is 4.98 Å². The van der Waals surface area contributed by atoms with Gasteiger partial charge in [-0.15, -0.1) is 11.3 Å². The summed E-state index contributed by atoms with van der Waals surface area (Å²) in [6, 6.07) is 0. The van der Waals surface area contributed by atoms with Crippen molar-refractivity contribution in [3.8, 4) is 0 Å². The molecule has 1 aliphatic carbocycles. The summed E-state index contributed by atoms with van der Waals surface area (Å²) < 4.78 is 0. The van der Waals surface area contributed by atoms with Gasteiger partial charge in [0.15, 0.2) is 0 Å². The van der Waals surface area contributed by atoms with E-state index in [9.17, 15) is 0 Å². The van der Waals surface area contributed by atoms with E-state index in [-0.39, 0.29) is 0 Å². The Balaban J connectivity index is 2.19. The Morgan fingerprint density at radius 3 is 2.92 bits per heavy atom. The second kappa shape index (κ2) is 3.56. The Morgan fingerprint density at radius 2 is 2.25 bits per heavy atom. The van der Waals surface area contributed by atoms with Crippen LogP contribution in [0.1, 0.15) is 49.1 Å². The Hall–Kier alpha value is -0.370. The summed E-state index contributed by atoms with van der Waals surface area (Å²) in [5.74, 6) is 0.797. The highest BCUT2D eigenvalue weighted by Crippen LogP contribution is 2.36. The standard InChI is InChI=1S/C10H15NS/c1-2-9-10(11-7-12-9)8-5-3-4-6-8/h7-8H,2-6H2,1H3. The number of aromatic nitrogens is 1. The van der Waals surface area contributed by atoms with Gasteiger partial charge in [0.25, 0.3) is 0 Å². The fraction of sp³-hybridized carbons (Fsp3) is 0.700. The van der Waals surface area contributed by atoms with Crippen LogP contribution >= 0.6 is 11.3 Å². The van der Waals surface area contributed by atoms with Crippen molar-refractivity contribution in [2.75, 3.05) is 0 Å². The van der Waals surface area contributed by atoms with Gasteiger partial charge in [-0.3, -0.25) is 0 Å². The van der Waals surface area contributed by atoms with Crippen LogP contribution in [0.4, 0.5) is 0 Å². The lowest BCUT2D eigenvalue weighted by Gasteiger charge is -2.06. The van der Waals surface area contributed by atoms with Gasteiger partial charge in [0.2, 0.25) is 0 Å². The van der Waals surface area contributed by atoms with Crippen LogP contribution < -0.4 is 0 Å². The molecule has 1 heterocycles. The van der Waals surface area contributed by atoms with Crippen molar-refractivity contribution in [3.05, 3.63) is 16.1 Å². The minimum absolute atomic E-state index is 0.797. The van der Waals surface area contributed by atoms with E-state index in [2.05, 4.69) is 11.9 Å². The molecule has 1 aliphatic rings. The van der Waals surface area contributed by atoms with E-state index in [1.165, 1.54) is 36.3 Å². The van der Waals surface area contributed by atoms with E-state index in [0.29, 0.717) is 0 Å². The molecule has 2 heteroatoms. The van der Waals surface area contributed by atoms with Gasteiger partial charge in [-0.1, -0.05) is 19.8 Å². The molecule has 1 aromatic heterocycles. The van der Waals surface area contributed by atoms with Crippen molar-refractivity contribution in [2.45, 2.75) is 44.9 Å². The topological polar surface area (TPSA) is 12.9 Å². The number of hydrogen-bond donors (Lipinski definition) is 0. The molecular formula is C10H15NS. The second-order valence-corrected chi connectivity index (χ2v) is 4.44. The molecule has 0 bridgehead atoms. The first-order chi connectivity index (χ1) is 5.92. The van der Waals surface area contributed by atoms with E-state index in [1.807, 2.05) is 16.8 Å². The summed E-state index contributed by atoms with van der Waals surface area (Å²) >= 11 is 1.83. The third-order valence-corrected chi connectivity index (χ3v) is 3.73. The van der Waals surface area contributed by atoms with Crippen molar-refractivity contribution in [3.63, 3.8) is 0 Å². The summed E-state index contributed by atoms with van der Waals surface area (Å²) in [5.41, 5.74) is 3.42. The van der Waals surface area contributed by atoms with Gasteiger partial charge in [-0.05, 0) is 19.3 Å². The molecule has 66 valence electrons. The minimum atomic E-state index is 0.797. The van der Waals surface area contributed by atoms with Crippen LogP contribution in [0.5, 0.6) is 0 Å². The maximum atomic E-state index is 4.49. The largest absolute Gasteiger partial charge is 0.249 e. The predicted octanol–water partition coefficient (Wildman–Crippen LogP) is 3.36. The van der Waals surface area contributed by atoms with E-state index in [0.717, 1.165) is 12.3 Å². The van der Waals surface area contributed by atoms with E-state index in [1.54, 1.807) is 0 Å². The third kappa shape index (κ3) is 1.40. The average molecular weight is 181 g/mol. The van der Waals surface area contributed by atoms with E-state index >= 15 is 0 Å². The van der Waals surface area contributed by atoms with E-state index in [4.69, 9.17) is 0 Å². The van der Waals surface area contributed by atoms with Crippen LogP contribution in [0.25, 0.3) is 0 Å². The number of hydrogen-bond acceptors (Lipinski definition) is 2. The van der Waals surface area contributed by atoms with Crippen LogP contribution in [0.3, 0.4) is 0 Å². The first-order valence-corrected chi connectivity index (χ1v) is 5.72. The third-order valence-electron chi connectivity index (χ3n) is 2.74. The highest BCUT2D eigenvalue weighted by Gasteiger charge is 2.21. The molecule has 1 fully saturated rings. The quantitative estimate of drug-likeness (QED) is 0.681. The Labute approximate surface area is 77.8 Å². The van der Waals surface area contributed by atoms with Gasteiger partial charge in [-0.2, -0.15) is 0 Å². The Bertz CT molecular complexity index is 248. The van der Waals surface area contributed by atoms with Gasteiger partial charge < -0.3 is 0 Å². The van der Waals surface area contributed by atoms with Gasteiger partial charge in [0, 0.05) is 10.8 Å². The molecule has 0 radical (unpaired) electrons. The zero-order chi connectivity index (χ0) is 8.39. The number of rotatable bonds is 2. The van der Waals surface area contributed by atoms with Crippen LogP contribution in [0, 0.1) is 0 Å².